The highest BCUT2D eigenvalue weighted by Crippen LogP contribution is 2.68. The van der Waals surface area contributed by atoms with Gasteiger partial charge in [0.25, 0.3) is 0 Å². The van der Waals surface area contributed by atoms with Crippen LogP contribution in [0, 0.1) is 16.7 Å². The Morgan fingerprint density at radius 1 is 1.36 bits per heavy atom. The van der Waals surface area contributed by atoms with Crippen molar-refractivity contribution in [1.82, 2.24) is 5.32 Å². The van der Waals surface area contributed by atoms with Crippen molar-refractivity contribution in [3.8, 4) is 0 Å². The van der Waals surface area contributed by atoms with Crippen molar-refractivity contribution in [2.45, 2.75) is 40.7 Å². The lowest BCUT2D eigenvalue weighted by Crippen LogP contribution is -2.36. The van der Waals surface area contributed by atoms with Crippen LogP contribution in [-0.2, 0) is 4.79 Å². The lowest BCUT2D eigenvalue weighted by atomic mass is 10.0. The Hall–Kier alpha value is -0.240. The minimum atomic E-state index is 0.0661. The van der Waals surface area contributed by atoms with Gasteiger partial charge in [-0.25, -0.2) is 0 Å². The summed E-state index contributed by atoms with van der Waals surface area (Å²) in [7, 11) is 0. The highest BCUT2D eigenvalue weighted by molar-refractivity contribution is 6.18. The van der Waals surface area contributed by atoms with Crippen molar-refractivity contribution in [3.05, 3.63) is 0 Å². The molecule has 3 heteroatoms. The molecule has 1 N–H and O–H groups in total. The van der Waals surface area contributed by atoms with Gasteiger partial charge in [0.05, 0.1) is 0 Å². The Balaban J connectivity index is 2.58. The van der Waals surface area contributed by atoms with Gasteiger partial charge in [-0.3, -0.25) is 4.79 Å². The summed E-state index contributed by atoms with van der Waals surface area (Å²) in [4.78, 5) is 11.8. The number of carbonyl (C=O) groups is 1. The molecule has 82 valence electrons. The molecule has 1 aliphatic rings. The first kappa shape index (κ1) is 11.8. The van der Waals surface area contributed by atoms with Crippen molar-refractivity contribution in [3.63, 3.8) is 0 Å². The van der Waals surface area contributed by atoms with Crippen molar-refractivity contribution in [2.75, 3.05) is 5.88 Å². The standard InChI is InChI=1S/C11H20ClNO/c1-7(6-12)13-9(14)8-10(2,3)11(8,4)5/h7-8H,6H2,1-5H3,(H,13,14). The van der Waals surface area contributed by atoms with Crippen LogP contribution in [0.5, 0.6) is 0 Å². The van der Waals surface area contributed by atoms with Gasteiger partial charge < -0.3 is 5.32 Å². The fourth-order valence-electron chi connectivity index (χ4n) is 2.22. The number of alkyl halides is 1. The number of nitrogens with one attached hydrogen (secondary N) is 1. The van der Waals surface area contributed by atoms with E-state index >= 15 is 0 Å². The molecule has 14 heavy (non-hydrogen) atoms. The van der Waals surface area contributed by atoms with E-state index in [-0.39, 0.29) is 28.7 Å². The second kappa shape index (κ2) is 3.41. The molecule has 1 atom stereocenters. The van der Waals surface area contributed by atoms with E-state index < -0.39 is 0 Å². The first-order valence-corrected chi connectivity index (χ1v) is 5.65. The van der Waals surface area contributed by atoms with Gasteiger partial charge in [-0.1, -0.05) is 27.7 Å². The lowest BCUT2D eigenvalue weighted by Gasteiger charge is -2.11. The fraction of sp³-hybridized carbons (Fsp3) is 0.909. The smallest absolute Gasteiger partial charge is 0.224 e. The van der Waals surface area contributed by atoms with Gasteiger partial charge in [-0.15, -0.1) is 11.6 Å². The Bertz CT molecular complexity index is 234. The van der Waals surface area contributed by atoms with Crippen LogP contribution in [0.15, 0.2) is 0 Å². The molecule has 0 bridgehead atoms. The number of carbonyl (C=O) groups excluding carboxylic acids is 1. The third kappa shape index (κ3) is 1.65. The van der Waals surface area contributed by atoms with Crippen LogP contribution in [0.3, 0.4) is 0 Å². The predicted octanol–water partition coefficient (Wildman–Crippen LogP) is 2.41. The Labute approximate surface area is 91.4 Å². The number of hydrogen-bond donors (Lipinski definition) is 1. The summed E-state index contributed by atoms with van der Waals surface area (Å²) < 4.78 is 0. The van der Waals surface area contributed by atoms with E-state index in [2.05, 4.69) is 33.0 Å². The molecule has 0 aromatic carbocycles. The first-order chi connectivity index (χ1) is 6.25. The molecule has 0 heterocycles. The zero-order valence-corrected chi connectivity index (χ0v) is 10.4. The van der Waals surface area contributed by atoms with E-state index in [0.29, 0.717) is 5.88 Å². The molecular weight excluding hydrogens is 198 g/mol. The van der Waals surface area contributed by atoms with E-state index in [1.807, 2.05) is 6.92 Å². The first-order valence-electron chi connectivity index (χ1n) is 5.11. The molecule has 1 rings (SSSR count). The van der Waals surface area contributed by atoms with Crippen molar-refractivity contribution < 1.29 is 4.79 Å². The molecular formula is C11H20ClNO. The fourth-order valence-corrected chi connectivity index (χ4v) is 2.29. The quantitative estimate of drug-likeness (QED) is 0.723. The van der Waals surface area contributed by atoms with Crippen LogP contribution in [0.25, 0.3) is 0 Å². The third-order valence-electron chi connectivity index (χ3n) is 3.90. The van der Waals surface area contributed by atoms with E-state index in [1.165, 1.54) is 0 Å². The molecule has 0 spiro atoms. The number of amides is 1. The normalized spacial score (nSPS) is 25.6. The van der Waals surface area contributed by atoms with E-state index in [1.54, 1.807) is 0 Å². The van der Waals surface area contributed by atoms with Gasteiger partial charge in [-0.05, 0) is 17.8 Å². The van der Waals surface area contributed by atoms with Crippen LogP contribution >= 0.6 is 11.6 Å². The molecule has 1 saturated carbocycles. The SMILES string of the molecule is CC(CCl)NC(=O)C1C(C)(C)C1(C)C. The molecule has 1 unspecified atom stereocenters. The third-order valence-corrected chi connectivity index (χ3v) is 4.37. The predicted molar refractivity (Wildman–Crippen MR) is 59.4 cm³/mol. The maximum absolute atomic E-state index is 11.8. The topological polar surface area (TPSA) is 29.1 Å². The average Bonchev–Trinajstić information content (AvgIpc) is 2.42. The molecule has 1 aliphatic carbocycles. The largest absolute Gasteiger partial charge is 0.352 e. The zero-order chi connectivity index (χ0) is 11.1. The Morgan fingerprint density at radius 2 is 1.79 bits per heavy atom. The molecule has 0 aromatic heterocycles. The summed E-state index contributed by atoms with van der Waals surface area (Å²) in [5, 5.41) is 2.93. The molecule has 0 aromatic rings. The van der Waals surface area contributed by atoms with Crippen LogP contribution in [0.2, 0.25) is 0 Å². The number of hydrogen-bond acceptors (Lipinski definition) is 1. The van der Waals surface area contributed by atoms with Crippen LogP contribution in [-0.4, -0.2) is 17.8 Å². The summed E-state index contributed by atoms with van der Waals surface area (Å²) in [6.07, 6.45) is 0. The summed E-state index contributed by atoms with van der Waals surface area (Å²) >= 11 is 5.65. The van der Waals surface area contributed by atoms with Crippen LogP contribution < -0.4 is 5.32 Å². The second-order valence-electron chi connectivity index (χ2n) is 5.44. The summed E-state index contributed by atoms with van der Waals surface area (Å²) in [6, 6.07) is 0.0661. The monoisotopic (exact) mass is 217 g/mol. The van der Waals surface area contributed by atoms with Gasteiger partial charge >= 0.3 is 0 Å². The minimum Gasteiger partial charge on any atom is -0.352 e. The van der Waals surface area contributed by atoms with E-state index in [0.717, 1.165) is 0 Å². The van der Waals surface area contributed by atoms with Gasteiger partial charge in [0.1, 0.15) is 0 Å². The Kier molecular flexibility index (Phi) is 2.88. The lowest BCUT2D eigenvalue weighted by molar-refractivity contribution is -0.123. The van der Waals surface area contributed by atoms with Crippen LogP contribution in [0.4, 0.5) is 0 Å². The Morgan fingerprint density at radius 3 is 2.07 bits per heavy atom. The van der Waals surface area contributed by atoms with Gasteiger partial charge in [0.2, 0.25) is 5.91 Å². The molecule has 2 nitrogen and oxygen atoms in total. The van der Waals surface area contributed by atoms with Gasteiger partial charge in [0.15, 0.2) is 0 Å². The molecule has 0 saturated heterocycles. The minimum absolute atomic E-state index is 0.0661. The number of rotatable bonds is 3. The zero-order valence-electron chi connectivity index (χ0n) is 9.65. The maximum Gasteiger partial charge on any atom is 0.224 e. The molecule has 1 amide bonds. The highest BCUT2D eigenvalue weighted by atomic mass is 35.5. The molecule has 0 radical (unpaired) electrons. The van der Waals surface area contributed by atoms with Crippen molar-refractivity contribution >= 4 is 17.5 Å². The summed E-state index contributed by atoms with van der Waals surface area (Å²) in [6.45, 7) is 10.5. The second-order valence-corrected chi connectivity index (χ2v) is 5.75. The van der Waals surface area contributed by atoms with Crippen molar-refractivity contribution in [2.24, 2.45) is 16.7 Å². The molecule has 1 fully saturated rings. The molecule has 0 aliphatic heterocycles. The van der Waals surface area contributed by atoms with E-state index in [4.69, 9.17) is 11.6 Å². The number of halogens is 1. The highest BCUT2D eigenvalue weighted by Gasteiger charge is 2.68. The van der Waals surface area contributed by atoms with Crippen molar-refractivity contribution in [1.29, 1.82) is 0 Å². The summed E-state index contributed by atoms with van der Waals surface area (Å²) in [5.41, 5.74) is 0.228. The van der Waals surface area contributed by atoms with E-state index in [9.17, 15) is 4.79 Å². The van der Waals surface area contributed by atoms with Crippen LogP contribution in [0.1, 0.15) is 34.6 Å². The maximum atomic E-state index is 11.8. The average molecular weight is 218 g/mol. The van der Waals surface area contributed by atoms with Gasteiger partial charge in [-0.2, -0.15) is 0 Å². The van der Waals surface area contributed by atoms with Gasteiger partial charge in [0, 0.05) is 17.8 Å². The summed E-state index contributed by atoms with van der Waals surface area (Å²) in [5.74, 6) is 0.744.